The van der Waals surface area contributed by atoms with Crippen molar-refractivity contribution in [1.82, 2.24) is 25.5 Å². The van der Waals surface area contributed by atoms with E-state index < -0.39 is 17.8 Å². The topological polar surface area (TPSA) is 72.7 Å². The van der Waals surface area contributed by atoms with Gasteiger partial charge in [0.2, 0.25) is 0 Å². The number of halogens is 3. The zero-order chi connectivity index (χ0) is 18.0. The fourth-order valence-electron chi connectivity index (χ4n) is 2.28. The zero-order valence-corrected chi connectivity index (χ0v) is 15.3. The molecular formula is C16H12BrClFN5O. The summed E-state index contributed by atoms with van der Waals surface area (Å²) in [7, 11) is 0. The van der Waals surface area contributed by atoms with Crippen LogP contribution < -0.4 is 5.32 Å². The second-order valence-electron chi connectivity index (χ2n) is 5.22. The third-order valence-corrected chi connectivity index (χ3v) is 4.33. The van der Waals surface area contributed by atoms with Gasteiger partial charge in [-0.15, -0.1) is 5.10 Å². The zero-order valence-electron chi connectivity index (χ0n) is 12.9. The van der Waals surface area contributed by atoms with Gasteiger partial charge in [-0.25, -0.2) is 4.39 Å². The number of rotatable bonds is 4. The molecule has 3 aromatic rings. The second kappa shape index (κ2) is 7.28. The highest BCUT2D eigenvalue weighted by Gasteiger charge is 2.22. The number of benzene rings is 2. The van der Waals surface area contributed by atoms with Crippen LogP contribution in [0.25, 0.3) is 5.69 Å². The number of hydrogen-bond acceptors (Lipinski definition) is 4. The quantitative estimate of drug-likeness (QED) is 0.693. The highest BCUT2D eigenvalue weighted by atomic mass is 79.9. The summed E-state index contributed by atoms with van der Waals surface area (Å²) in [6, 6.07) is 10.9. The Balaban J connectivity index is 1.85. The van der Waals surface area contributed by atoms with E-state index in [1.165, 1.54) is 22.9 Å². The lowest BCUT2D eigenvalue weighted by Crippen LogP contribution is -2.29. The minimum atomic E-state index is -0.690. The van der Waals surface area contributed by atoms with Crippen molar-refractivity contribution >= 4 is 33.4 Å². The first-order valence-corrected chi connectivity index (χ1v) is 8.43. The molecule has 1 amide bonds. The summed E-state index contributed by atoms with van der Waals surface area (Å²) in [6.07, 6.45) is 0. The molecule has 0 fully saturated rings. The van der Waals surface area contributed by atoms with Crippen LogP contribution in [0.3, 0.4) is 0 Å². The minimum Gasteiger partial charge on any atom is -0.342 e. The molecule has 1 atom stereocenters. The Hall–Kier alpha value is -2.32. The van der Waals surface area contributed by atoms with E-state index >= 15 is 0 Å². The van der Waals surface area contributed by atoms with Gasteiger partial charge >= 0.3 is 0 Å². The Labute approximate surface area is 156 Å². The maximum Gasteiger partial charge on any atom is 0.256 e. The van der Waals surface area contributed by atoms with Crippen molar-refractivity contribution in [3.8, 4) is 5.69 Å². The van der Waals surface area contributed by atoms with Gasteiger partial charge in [-0.3, -0.25) is 4.79 Å². The summed E-state index contributed by atoms with van der Waals surface area (Å²) in [5, 5.41) is 14.3. The molecule has 0 saturated carbocycles. The maximum absolute atomic E-state index is 13.9. The van der Waals surface area contributed by atoms with Gasteiger partial charge in [-0.05, 0) is 53.7 Å². The van der Waals surface area contributed by atoms with Gasteiger partial charge in [0.25, 0.3) is 5.91 Å². The van der Waals surface area contributed by atoms with Gasteiger partial charge in [0.15, 0.2) is 5.82 Å². The molecule has 1 N–H and O–H groups in total. The predicted octanol–water partition coefficient (Wildman–Crippen LogP) is 3.71. The summed E-state index contributed by atoms with van der Waals surface area (Å²) in [5.41, 5.74) is 0.520. The fraction of sp³-hybridized carbons (Fsp3) is 0.125. The van der Waals surface area contributed by atoms with Gasteiger partial charge in [0, 0.05) is 4.47 Å². The number of hydrogen-bond donors (Lipinski definition) is 1. The molecule has 1 heterocycles. The molecule has 0 spiro atoms. The van der Waals surface area contributed by atoms with E-state index in [4.69, 9.17) is 11.6 Å². The van der Waals surface area contributed by atoms with Crippen LogP contribution in [0.5, 0.6) is 0 Å². The van der Waals surface area contributed by atoms with Crippen LogP contribution in [0.2, 0.25) is 5.02 Å². The van der Waals surface area contributed by atoms with Crippen LogP contribution in [0, 0.1) is 5.82 Å². The largest absolute Gasteiger partial charge is 0.342 e. The molecule has 25 heavy (non-hydrogen) atoms. The number of carbonyl (C=O) groups excluding carboxylic acids is 1. The summed E-state index contributed by atoms with van der Waals surface area (Å²) >= 11 is 9.29. The number of nitrogens with one attached hydrogen (secondary N) is 1. The third kappa shape index (κ3) is 3.69. The molecule has 128 valence electrons. The summed E-state index contributed by atoms with van der Waals surface area (Å²) in [5.74, 6) is -0.922. The molecule has 6 nitrogen and oxygen atoms in total. The summed E-state index contributed by atoms with van der Waals surface area (Å²) in [4.78, 5) is 12.4. The normalized spacial score (nSPS) is 12.0. The Morgan fingerprint density at radius 1 is 1.28 bits per heavy atom. The number of aromatic nitrogens is 4. The Morgan fingerprint density at radius 3 is 2.68 bits per heavy atom. The van der Waals surface area contributed by atoms with Crippen LogP contribution >= 0.6 is 27.5 Å². The van der Waals surface area contributed by atoms with Crippen molar-refractivity contribution < 1.29 is 9.18 Å². The average molecular weight is 425 g/mol. The van der Waals surface area contributed by atoms with Gasteiger partial charge < -0.3 is 5.32 Å². The van der Waals surface area contributed by atoms with E-state index in [2.05, 4.69) is 36.8 Å². The molecule has 1 aromatic heterocycles. The van der Waals surface area contributed by atoms with Crippen molar-refractivity contribution in [2.24, 2.45) is 0 Å². The molecule has 0 radical (unpaired) electrons. The Kier molecular flexibility index (Phi) is 5.10. The van der Waals surface area contributed by atoms with Gasteiger partial charge in [0.05, 0.1) is 22.3 Å². The van der Waals surface area contributed by atoms with E-state index in [-0.39, 0.29) is 10.6 Å². The molecule has 1 unspecified atom stereocenters. The average Bonchev–Trinajstić information content (AvgIpc) is 3.05. The lowest BCUT2D eigenvalue weighted by molar-refractivity contribution is 0.0934. The molecule has 0 bridgehead atoms. The van der Waals surface area contributed by atoms with E-state index in [0.717, 1.165) is 10.2 Å². The molecule has 9 heteroatoms. The minimum absolute atomic E-state index is 0.0391. The van der Waals surface area contributed by atoms with Crippen molar-refractivity contribution in [3.05, 3.63) is 69.2 Å². The van der Waals surface area contributed by atoms with Crippen LogP contribution in [-0.2, 0) is 0 Å². The fourth-order valence-corrected chi connectivity index (χ4v) is 2.79. The lowest BCUT2D eigenvalue weighted by Gasteiger charge is -2.14. The van der Waals surface area contributed by atoms with Crippen LogP contribution in [0.4, 0.5) is 4.39 Å². The Bertz CT molecular complexity index is 895. The van der Waals surface area contributed by atoms with Gasteiger partial charge in [0.1, 0.15) is 5.82 Å². The molecule has 2 aromatic carbocycles. The maximum atomic E-state index is 13.9. The highest BCUT2D eigenvalue weighted by molar-refractivity contribution is 9.10. The number of nitrogens with zero attached hydrogens (tertiary/aromatic N) is 4. The highest BCUT2D eigenvalue weighted by Crippen LogP contribution is 2.21. The summed E-state index contributed by atoms with van der Waals surface area (Å²) in [6.45, 7) is 1.70. The van der Waals surface area contributed by atoms with Crippen LogP contribution in [-0.4, -0.2) is 26.1 Å². The summed E-state index contributed by atoms with van der Waals surface area (Å²) < 4.78 is 16.3. The second-order valence-corrected chi connectivity index (χ2v) is 6.54. The van der Waals surface area contributed by atoms with Gasteiger partial charge in [-0.2, -0.15) is 4.68 Å². The molecule has 0 aliphatic heterocycles. The number of carbonyl (C=O) groups is 1. The number of tetrazole rings is 1. The van der Waals surface area contributed by atoms with Crippen LogP contribution in [0.15, 0.2) is 46.9 Å². The monoisotopic (exact) mass is 423 g/mol. The van der Waals surface area contributed by atoms with Crippen molar-refractivity contribution in [1.29, 1.82) is 0 Å². The van der Waals surface area contributed by atoms with Gasteiger partial charge in [-0.1, -0.05) is 33.6 Å². The molecular weight excluding hydrogens is 413 g/mol. The SMILES string of the molecule is CC(NC(=O)c1c(F)cccc1Cl)c1nnnn1-c1ccc(Br)cc1. The smallest absolute Gasteiger partial charge is 0.256 e. The van der Waals surface area contributed by atoms with E-state index in [0.29, 0.717) is 5.82 Å². The third-order valence-electron chi connectivity index (χ3n) is 3.49. The molecule has 0 aliphatic rings. The first-order chi connectivity index (χ1) is 12.0. The molecule has 0 aliphatic carbocycles. The predicted molar refractivity (Wildman–Crippen MR) is 94.1 cm³/mol. The Morgan fingerprint density at radius 2 is 2.00 bits per heavy atom. The van der Waals surface area contributed by atoms with Crippen molar-refractivity contribution in [2.45, 2.75) is 13.0 Å². The number of amides is 1. The first-order valence-electron chi connectivity index (χ1n) is 7.26. The van der Waals surface area contributed by atoms with E-state index in [1.54, 1.807) is 6.92 Å². The molecule has 0 saturated heterocycles. The first kappa shape index (κ1) is 17.5. The molecule has 3 rings (SSSR count). The standard InChI is InChI=1S/C16H12BrClFN5O/c1-9(20-16(25)14-12(18)3-2-4-13(14)19)15-21-22-23-24(15)11-7-5-10(17)6-8-11/h2-9H,1H3,(H,20,25). The van der Waals surface area contributed by atoms with Crippen molar-refractivity contribution in [3.63, 3.8) is 0 Å². The van der Waals surface area contributed by atoms with E-state index in [1.807, 2.05) is 24.3 Å². The van der Waals surface area contributed by atoms with Crippen molar-refractivity contribution in [2.75, 3.05) is 0 Å². The van der Waals surface area contributed by atoms with Crippen LogP contribution in [0.1, 0.15) is 29.1 Å². The van der Waals surface area contributed by atoms with E-state index in [9.17, 15) is 9.18 Å². The lowest BCUT2D eigenvalue weighted by atomic mass is 10.2.